The second-order valence-electron chi connectivity index (χ2n) is 4.92. The summed E-state index contributed by atoms with van der Waals surface area (Å²) in [6.45, 7) is 3.81. The van der Waals surface area contributed by atoms with Crippen LogP contribution in [0.15, 0.2) is 30.3 Å². The predicted molar refractivity (Wildman–Crippen MR) is 95.0 cm³/mol. The van der Waals surface area contributed by atoms with Gasteiger partial charge in [-0.05, 0) is 55.3 Å². The predicted octanol–water partition coefficient (Wildman–Crippen LogP) is 5.42. The van der Waals surface area contributed by atoms with Crippen LogP contribution in [0.5, 0.6) is 5.75 Å². The molecule has 0 aliphatic carbocycles. The SMILES string of the molecule is Cc1cc(OCNC(=O)Nc2ccc(Cl)c(Cl)c2)cc(C)c1Cl. The fourth-order valence-corrected chi connectivity index (χ4v) is 2.33. The number of halogens is 3. The van der Waals surface area contributed by atoms with Crippen molar-refractivity contribution in [3.8, 4) is 5.75 Å². The van der Waals surface area contributed by atoms with Gasteiger partial charge in [0.15, 0.2) is 6.73 Å². The van der Waals surface area contributed by atoms with Gasteiger partial charge >= 0.3 is 6.03 Å². The lowest BCUT2D eigenvalue weighted by Gasteiger charge is -2.12. The number of ether oxygens (including phenoxy) is 1. The Morgan fingerprint density at radius 1 is 1.04 bits per heavy atom. The number of hydrogen-bond donors (Lipinski definition) is 2. The van der Waals surface area contributed by atoms with Crippen molar-refractivity contribution in [1.82, 2.24) is 5.32 Å². The van der Waals surface area contributed by atoms with E-state index in [4.69, 9.17) is 39.5 Å². The molecule has 2 aromatic carbocycles. The van der Waals surface area contributed by atoms with Crippen LogP contribution in [0, 0.1) is 13.8 Å². The molecular weight excluding hydrogens is 359 g/mol. The zero-order chi connectivity index (χ0) is 17.0. The number of carbonyl (C=O) groups excluding carboxylic acids is 1. The van der Waals surface area contributed by atoms with Crippen molar-refractivity contribution in [2.45, 2.75) is 13.8 Å². The van der Waals surface area contributed by atoms with Crippen LogP contribution in [-0.2, 0) is 0 Å². The molecule has 0 unspecified atom stereocenters. The summed E-state index contributed by atoms with van der Waals surface area (Å²) in [6.07, 6.45) is 0. The van der Waals surface area contributed by atoms with E-state index in [0.29, 0.717) is 26.5 Å². The number of hydrogen-bond acceptors (Lipinski definition) is 2. The van der Waals surface area contributed by atoms with Crippen LogP contribution in [0.2, 0.25) is 15.1 Å². The summed E-state index contributed by atoms with van der Waals surface area (Å²) in [5.74, 6) is 0.638. The molecule has 0 bridgehead atoms. The first kappa shape index (κ1) is 17.7. The van der Waals surface area contributed by atoms with Crippen LogP contribution in [-0.4, -0.2) is 12.8 Å². The van der Waals surface area contributed by atoms with Gasteiger partial charge in [0.1, 0.15) is 5.75 Å². The average molecular weight is 374 g/mol. The maximum atomic E-state index is 11.8. The van der Waals surface area contributed by atoms with Crippen LogP contribution < -0.4 is 15.4 Å². The summed E-state index contributed by atoms with van der Waals surface area (Å²) in [5, 5.41) is 6.72. The molecule has 0 saturated carbocycles. The van der Waals surface area contributed by atoms with Gasteiger partial charge in [0.05, 0.1) is 10.0 Å². The molecule has 7 heteroatoms. The second kappa shape index (κ2) is 7.77. The topological polar surface area (TPSA) is 50.4 Å². The molecule has 0 saturated heterocycles. The largest absolute Gasteiger partial charge is 0.473 e. The number of anilines is 1. The molecule has 4 nitrogen and oxygen atoms in total. The number of amides is 2. The summed E-state index contributed by atoms with van der Waals surface area (Å²) in [6, 6.07) is 8.04. The highest BCUT2D eigenvalue weighted by atomic mass is 35.5. The van der Waals surface area contributed by atoms with Crippen molar-refractivity contribution in [1.29, 1.82) is 0 Å². The molecule has 2 N–H and O–H groups in total. The van der Waals surface area contributed by atoms with Crippen molar-refractivity contribution < 1.29 is 9.53 Å². The number of aryl methyl sites for hydroxylation is 2. The molecule has 2 rings (SSSR count). The van der Waals surface area contributed by atoms with Crippen LogP contribution >= 0.6 is 34.8 Å². The van der Waals surface area contributed by atoms with Gasteiger partial charge in [0, 0.05) is 10.7 Å². The lowest BCUT2D eigenvalue weighted by Crippen LogP contribution is -2.32. The average Bonchev–Trinajstić information content (AvgIpc) is 2.48. The highest BCUT2D eigenvalue weighted by Crippen LogP contribution is 2.26. The summed E-state index contributed by atoms with van der Waals surface area (Å²) >= 11 is 17.8. The molecule has 0 aliphatic heterocycles. The van der Waals surface area contributed by atoms with Crippen molar-refractivity contribution in [3.63, 3.8) is 0 Å². The fourth-order valence-electron chi connectivity index (χ4n) is 1.92. The first-order chi connectivity index (χ1) is 10.9. The van der Waals surface area contributed by atoms with E-state index < -0.39 is 6.03 Å². The Morgan fingerprint density at radius 3 is 2.30 bits per heavy atom. The Morgan fingerprint density at radius 2 is 1.70 bits per heavy atom. The van der Waals surface area contributed by atoms with Gasteiger partial charge in [-0.1, -0.05) is 34.8 Å². The van der Waals surface area contributed by atoms with E-state index in [0.717, 1.165) is 11.1 Å². The quantitative estimate of drug-likeness (QED) is 0.703. The molecular formula is C16H15Cl3N2O2. The molecule has 0 atom stereocenters. The molecule has 0 fully saturated rings. The summed E-state index contributed by atoms with van der Waals surface area (Å²) in [7, 11) is 0. The highest BCUT2D eigenvalue weighted by molar-refractivity contribution is 6.42. The molecule has 2 aromatic rings. The standard InChI is InChI=1S/C16H15Cl3N2O2/c1-9-5-12(6-10(2)15(9)19)23-8-20-16(22)21-11-3-4-13(17)14(18)7-11/h3-7H,8H2,1-2H3,(H2,20,21,22). The monoisotopic (exact) mass is 372 g/mol. The third-order valence-electron chi connectivity index (χ3n) is 3.06. The Hall–Kier alpha value is -1.62. The number of benzene rings is 2. The first-order valence-corrected chi connectivity index (χ1v) is 7.89. The van der Waals surface area contributed by atoms with E-state index in [-0.39, 0.29) is 6.73 Å². The lowest BCUT2D eigenvalue weighted by molar-refractivity contribution is 0.234. The van der Waals surface area contributed by atoms with E-state index in [1.807, 2.05) is 26.0 Å². The Kier molecular flexibility index (Phi) is 5.99. The zero-order valence-electron chi connectivity index (χ0n) is 12.5. The molecule has 2 amide bonds. The van der Waals surface area contributed by atoms with Crippen LogP contribution in [0.3, 0.4) is 0 Å². The van der Waals surface area contributed by atoms with E-state index in [1.165, 1.54) is 0 Å². The number of rotatable bonds is 4. The normalized spacial score (nSPS) is 10.3. The van der Waals surface area contributed by atoms with Gasteiger partial charge in [0.2, 0.25) is 0 Å². The van der Waals surface area contributed by atoms with Gasteiger partial charge in [0.25, 0.3) is 0 Å². The number of urea groups is 1. The minimum Gasteiger partial charge on any atom is -0.473 e. The first-order valence-electron chi connectivity index (χ1n) is 6.76. The van der Waals surface area contributed by atoms with Gasteiger partial charge in [-0.25, -0.2) is 4.79 Å². The minimum absolute atomic E-state index is 0.0215. The molecule has 0 aromatic heterocycles. The maximum Gasteiger partial charge on any atom is 0.321 e. The van der Waals surface area contributed by atoms with Crippen LogP contribution in [0.25, 0.3) is 0 Å². The third-order valence-corrected chi connectivity index (χ3v) is 4.39. The summed E-state index contributed by atoms with van der Waals surface area (Å²) in [4.78, 5) is 11.8. The Balaban J connectivity index is 1.86. The van der Waals surface area contributed by atoms with E-state index in [9.17, 15) is 4.79 Å². The van der Waals surface area contributed by atoms with E-state index in [2.05, 4.69) is 10.6 Å². The lowest BCUT2D eigenvalue weighted by atomic mass is 10.1. The third kappa shape index (κ3) is 4.93. The van der Waals surface area contributed by atoms with Crippen molar-refractivity contribution in [3.05, 3.63) is 56.5 Å². The van der Waals surface area contributed by atoms with Crippen molar-refractivity contribution >= 4 is 46.5 Å². The summed E-state index contributed by atoms with van der Waals surface area (Å²) in [5.41, 5.74) is 2.37. The fraction of sp³-hybridized carbons (Fsp3) is 0.188. The minimum atomic E-state index is -0.411. The van der Waals surface area contributed by atoms with Gasteiger partial charge in [-0.15, -0.1) is 0 Å². The molecule has 23 heavy (non-hydrogen) atoms. The number of nitrogens with one attached hydrogen (secondary N) is 2. The van der Waals surface area contributed by atoms with E-state index >= 15 is 0 Å². The second-order valence-corrected chi connectivity index (χ2v) is 6.11. The zero-order valence-corrected chi connectivity index (χ0v) is 14.8. The molecule has 0 aliphatic rings. The van der Waals surface area contributed by atoms with Crippen molar-refractivity contribution in [2.24, 2.45) is 0 Å². The highest BCUT2D eigenvalue weighted by Gasteiger charge is 2.06. The maximum absolute atomic E-state index is 11.8. The van der Waals surface area contributed by atoms with Crippen LogP contribution in [0.1, 0.15) is 11.1 Å². The van der Waals surface area contributed by atoms with Crippen molar-refractivity contribution in [2.75, 3.05) is 12.0 Å². The van der Waals surface area contributed by atoms with Gasteiger partial charge in [-0.3, -0.25) is 0 Å². The smallest absolute Gasteiger partial charge is 0.321 e. The Labute approximate surface area is 149 Å². The summed E-state index contributed by atoms with van der Waals surface area (Å²) < 4.78 is 5.50. The van der Waals surface area contributed by atoms with Gasteiger partial charge in [-0.2, -0.15) is 0 Å². The molecule has 0 radical (unpaired) electrons. The number of carbonyl (C=O) groups is 1. The van der Waals surface area contributed by atoms with Gasteiger partial charge < -0.3 is 15.4 Å². The van der Waals surface area contributed by atoms with E-state index in [1.54, 1.807) is 18.2 Å². The molecule has 122 valence electrons. The Bertz CT molecular complexity index is 712. The molecule has 0 heterocycles. The molecule has 0 spiro atoms. The van der Waals surface area contributed by atoms with Crippen LogP contribution in [0.4, 0.5) is 10.5 Å².